The third-order valence-electron chi connectivity index (χ3n) is 3.23. The Hall–Kier alpha value is -2.86. The van der Waals surface area contributed by atoms with Gasteiger partial charge in [-0.25, -0.2) is 14.1 Å². The highest BCUT2D eigenvalue weighted by Crippen LogP contribution is 2.38. The lowest BCUT2D eigenvalue weighted by Crippen LogP contribution is -2.37. The van der Waals surface area contributed by atoms with Crippen LogP contribution in [0.15, 0.2) is 17.3 Å². The van der Waals surface area contributed by atoms with Crippen molar-refractivity contribution < 1.29 is 36.2 Å². The summed E-state index contributed by atoms with van der Waals surface area (Å²) < 4.78 is 77.1. The number of aromatic nitrogens is 3. The van der Waals surface area contributed by atoms with Crippen LogP contribution in [-0.2, 0) is 11.3 Å². The molecule has 3 N–H and O–H groups in total. The zero-order valence-electron chi connectivity index (χ0n) is 12.8. The summed E-state index contributed by atoms with van der Waals surface area (Å²) in [4.78, 5) is 17.6. The molecule has 0 aliphatic rings. The number of nitrogens with two attached hydrogens (primary N) is 1. The fourth-order valence-electron chi connectivity index (χ4n) is 1.99. The van der Waals surface area contributed by atoms with Gasteiger partial charge in [0.25, 0.3) is 0 Å². The molecule has 7 nitrogen and oxygen atoms in total. The summed E-state index contributed by atoms with van der Waals surface area (Å²) in [6, 6.07) is 0.881. The van der Waals surface area contributed by atoms with Gasteiger partial charge in [-0.2, -0.15) is 27.1 Å². The van der Waals surface area contributed by atoms with E-state index in [1.807, 2.05) is 0 Å². The number of hydrogen-bond donors (Lipinski definition) is 2. The van der Waals surface area contributed by atoms with Crippen molar-refractivity contribution in [2.45, 2.75) is 25.1 Å². The molecule has 2 heterocycles. The molecule has 2 aromatic heterocycles. The average molecular weight is 383 g/mol. The molecule has 0 fully saturated rings. The summed E-state index contributed by atoms with van der Waals surface area (Å²) in [5.41, 5.74) is 5.08. The van der Waals surface area contributed by atoms with Crippen molar-refractivity contribution in [2.75, 3.05) is 6.54 Å². The molecule has 0 aliphatic heterocycles. The number of carboxylic acids is 1. The monoisotopic (exact) mass is 383 g/mol. The minimum absolute atomic E-state index is 0.105. The molecule has 26 heavy (non-hydrogen) atoms. The van der Waals surface area contributed by atoms with E-state index in [0.29, 0.717) is 4.68 Å². The van der Waals surface area contributed by atoms with Crippen molar-refractivity contribution >= 4 is 22.8 Å². The highest BCUT2D eigenvalue weighted by molar-refractivity contribution is 6.06. The van der Waals surface area contributed by atoms with Crippen molar-refractivity contribution in [3.8, 4) is 0 Å². The first-order valence-electron chi connectivity index (χ1n) is 6.91. The Morgan fingerprint density at radius 1 is 1.31 bits per heavy atom. The van der Waals surface area contributed by atoms with Crippen molar-refractivity contribution in [3.05, 3.63) is 23.8 Å². The molecule has 2 aromatic rings. The molecule has 0 aliphatic carbocycles. The maximum absolute atomic E-state index is 13.4. The number of aliphatic carboxylic acids is 1. The van der Waals surface area contributed by atoms with Gasteiger partial charge in [-0.3, -0.25) is 9.79 Å². The molecule has 142 valence electrons. The maximum atomic E-state index is 13.4. The van der Waals surface area contributed by atoms with E-state index in [4.69, 9.17) is 10.8 Å². The summed E-state index contributed by atoms with van der Waals surface area (Å²) in [6.07, 6.45) is -6.64. The summed E-state index contributed by atoms with van der Waals surface area (Å²) >= 11 is 0. The lowest BCUT2D eigenvalue weighted by atomic mass is 10.2. The number of rotatable bonds is 6. The Labute approximate surface area is 141 Å². The number of alkyl halides is 5. The van der Waals surface area contributed by atoms with Crippen molar-refractivity contribution in [1.82, 2.24) is 14.8 Å². The molecule has 0 unspecified atom stereocenters. The van der Waals surface area contributed by atoms with Crippen LogP contribution in [0, 0.1) is 5.82 Å². The van der Waals surface area contributed by atoms with Gasteiger partial charge in [0, 0.05) is 13.0 Å². The van der Waals surface area contributed by atoms with Crippen LogP contribution in [0.4, 0.5) is 26.3 Å². The van der Waals surface area contributed by atoms with Gasteiger partial charge in [-0.05, 0) is 6.07 Å². The van der Waals surface area contributed by atoms with Gasteiger partial charge in [-0.1, -0.05) is 0 Å². The predicted molar refractivity (Wildman–Crippen MR) is 76.3 cm³/mol. The van der Waals surface area contributed by atoms with Gasteiger partial charge in [0.2, 0.25) is 0 Å². The second-order valence-electron chi connectivity index (χ2n) is 5.14. The Morgan fingerprint density at radius 3 is 2.54 bits per heavy atom. The topological polar surface area (TPSA) is 106 Å². The molecule has 0 radical (unpaired) electrons. The lowest BCUT2D eigenvalue weighted by molar-refractivity contribution is -0.285. The molecule has 0 aromatic carbocycles. The number of nitrogens with zero attached hydrogens (tertiary/aromatic N) is 4. The van der Waals surface area contributed by atoms with Crippen LogP contribution < -0.4 is 5.73 Å². The Morgan fingerprint density at radius 2 is 1.96 bits per heavy atom. The Bertz CT molecular complexity index is 861. The molecular formula is C13H11F6N5O2. The number of carboxylic acid groups (broad SMARTS) is 1. The molecule has 2 rings (SSSR count). The van der Waals surface area contributed by atoms with Gasteiger partial charge in [0.05, 0.1) is 11.6 Å². The van der Waals surface area contributed by atoms with Gasteiger partial charge < -0.3 is 10.8 Å². The predicted octanol–water partition coefficient (Wildman–Crippen LogP) is 1.95. The number of fused-ring (bicyclic) bond motifs is 1. The van der Waals surface area contributed by atoms with Crippen LogP contribution in [0.25, 0.3) is 11.0 Å². The second kappa shape index (κ2) is 6.80. The number of pyridine rings is 1. The molecule has 13 heteroatoms. The standard InChI is InChI=1S/C13H11F6N5O2/c14-6-3-7-9(10(20)21-5-8(25)26)23-24(11(7)22-4-6)2-1-12(15,16)13(17,18)19/h3-4H,1-2,5H2,(H2,20,21)(H,25,26). The van der Waals surface area contributed by atoms with Crippen LogP contribution in [0.3, 0.4) is 0 Å². The number of aryl methyl sites for hydroxylation is 1. The first-order chi connectivity index (χ1) is 11.9. The average Bonchev–Trinajstić information content (AvgIpc) is 2.87. The van der Waals surface area contributed by atoms with Gasteiger partial charge >= 0.3 is 18.1 Å². The molecular weight excluding hydrogens is 372 g/mol. The van der Waals surface area contributed by atoms with E-state index in [-0.39, 0.29) is 16.7 Å². The fourth-order valence-corrected chi connectivity index (χ4v) is 1.99. The number of aliphatic imine (C=N–C) groups is 1. The number of carbonyl (C=O) groups is 1. The zero-order valence-corrected chi connectivity index (χ0v) is 12.8. The van der Waals surface area contributed by atoms with E-state index in [1.165, 1.54) is 0 Å². The Kier molecular flexibility index (Phi) is 5.09. The minimum atomic E-state index is -5.74. The lowest BCUT2D eigenvalue weighted by Gasteiger charge is -2.19. The quantitative estimate of drug-likeness (QED) is 0.451. The van der Waals surface area contributed by atoms with E-state index in [9.17, 15) is 31.1 Å². The highest BCUT2D eigenvalue weighted by atomic mass is 19.4. The maximum Gasteiger partial charge on any atom is 0.453 e. The van der Waals surface area contributed by atoms with Gasteiger partial charge in [-0.15, -0.1) is 0 Å². The molecule has 0 atom stereocenters. The van der Waals surface area contributed by atoms with Crippen LogP contribution in [0.1, 0.15) is 12.1 Å². The number of hydrogen-bond acceptors (Lipinski definition) is 4. The molecule has 0 saturated heterocycles. The molecule has 0 spiro atoms. The first kappa shape index (κ1) is 19.5. The second-order valence-corrected chi connectivity index (χ2v) is 5.14. The Balaban J connectivity index is 2.42. The van der Waals surface area contributed by atoms with E-state index in [1.54, 1.807) is 0 Å². The van der Waals surface area contributed by atoms with E-state index < -0.39 is 49.2 Å². The van der Waals surface area contributed by atoms with E-state index in [0.717, 1.165) is 12.3 Å². The van der Waals surface area contributed by atoms with Crippen LogP contribution in [0.2, 0.25) is 0 Å². The van der Waals surface area contributed by atoms with Gasteiger partial charge in [0.1, 0.15) is 23.9 Å². The van der Waals surface area contributed by atoms with Crippen molar-refractivity contribution in [1.29, 1.82) is 0 Å². The largest absolute Gasteiger partial charge is 0.480 e. The fraction of sp³-hybridized carbons (Fsp3) is 0.385. The number of amidine groups is 1. The number of halogens is 6. The van der Waals surface area contributed by atoms with Crippen molar-refractivity contribution in [3.63, 3.8) is 0 Å². The SMILES string of the molecule is NC(=NCC(=O)O)c1nn(CCC(F)(F)C(F)(F)F)c2ncc(F)cc12. The van der Waals surface area contributed by atoms with Crippen LogP contribution in [-0.4, -0.2) is 50.3 Å². The smallest absolute Gasteiger partial charge is 0.453 e. The molecule has 0 saturated carbocycles. The summed E-state index contributed by atoms with van der Waals surface area (Å²) in [5, 5.41) is 12.2. The van der Waals surface area contributed by atoms with Gasteiger partial charge in [0.15, 0.2) is 5.65 Å². The van der Waals surface area contributed by atoms with E-state index in [2.05, 4.69) is 15.1 Å². The highest BCUT2D eigenvalue weighted by Gasteiger charge is 2.56. The minimum Gasteiger partial charge on any atom is -0.480 e. The van der Waals surface area contributed by atoms with E-state index >= 15 is 0 Å². The normalized spacial score (nSPS) is 13.4. The summed E-state index contributed by atoms with van der Waals surface area (Å²) in [6.45, 7) is -1.64. The summed E-state index contributed by atoms with van der Waals surface area (Å²) in [7, 11) is 0. The third-order valence-corrected chi connectivity index (χ3v) is 3.23. The molecule has 0 amide bonds. The molecule has 0 bridgehead atoms. The third kappa shape index (κ3) is 4.03. The zero-order chi connectivity index (χ0) is 19.7. The first-order valence-corrected chi connectivity index (χ1v) is 6.91. The van der Waals surface area contributed by atoms with Crippen LogP contribution in [0.5, 0.6) is 0 Å². The van der Waals surface area contributed by atoms with Crippen molar-refractivity contribution in [2.24, 2.45) is 10.7 Å². The summed E-state index contributed by atoms with van der Waals surface area (Å²) in [5.74, 6) is -7.59. The van der Waals surface area contributed by atoms with Crippen LogP contribution >= 0.6 is 0 Å².